The van der Waals surface area contributed by atoms with Crippen molar-refractivity contribution < 1.29 is 14.2 Å². The highest BCUT2D eigenvalue weighted by atomic mass is 16.5. The van der Waals surface area contributed by atoms with Crippen LogP contribution in [-0.4, -0.2) is 21.3 Å². The second-order valence-corrected chi connectivity index (χ2v) is 4.41. The quantitative estimate of drug-likeness (QED) is 0.846. The van der Waals surface area contributed by atoms with E-state index in [1.165, 1.54) is 5.56 Å². The number of hydrogen-bond acceptors (Lipinski definition) is 3. The van der Waals surface area contributed by atoms with Gasteiger partial charge in [0.15, 0.2) is 0 Å². The highest BCUT2D eigenvalue weighted by molar-refractivity contribution is 5.37. The first kappa shape index (κ1) is 15.9. The summed E-state index contributed by atoms with van der Waals surface area (Å²) in [6.45, 7) is 4.06. The highest BCUT2D eigenvalue weighted by Crippen LogP contribution is 2.21. The average molecular weight is 274 g/mol. The molecule has 3 heteroatoms. The predicted octanol–water partition coefficient (Wildman–Crippen LogP) is 4.02. The van der Waals surface area contributed by atoms with E-state index in [0.29, 0.717) is 0 Å². The molecular formula is C17H22O3. The summed E-state index contributed by atoms with van der Waals surface area (Å²) >= 11 is 0. The Hall–Kier alpha value is -2.16. The Morgan fingerprint density at radius 2 is 1.00 bits per heavy atom. The second-order valence-electron chi connectivity index (χ2n) is 4.41. The van der Waals surface area contributed by atoms with Gasteiger partial charge in [0.05, 0.1) is 21.3 Å². The largest absolute Gasteiger partial charge is 0.497 e. The van der Waals surface area contributed by atoms with Crippen LogP contribution < -0.4 is 14.2 Å². The molecule has 2 aromatic rings. The molecule has 0 saturated carbocycles. The van der Waals surface area contributed by atoms with Crippen LogP contribution in [0.2, 0.25) is 0 Å². The van der Waals surface area contributed by atoms with E-state index in [9.17, 15) is 0 Å². The average Bonchev–Trinajstić information content (AvgIpc) is 2.48. The summed E-state index contributed by atoms with van der Waals surface area (Å²) in [6.07, 6.45) is 0. The SMILES string of the molecule is COc1cc(C)cc(OC)c1.COc1ccc(C)cc1. The van der Waals surface area contributed by atoms with Crippen molar-refractivity contribution in [1.29, 1.82) is 0 Å². The Labute approximate surface area is 121 Å². The summed E-state index contributed by atoms with van der Waals surface area (Å²) in [5.74, 6) is 2.59. The fraction of sp³-hybridized carbons (Fsp3) is 0.294. The molecule has 0 aliphatic heterocycles. The third-order valence-corrected chi connectivity index (χ3v) is 2.75. The van der Waals surface area contributed by atoms with Gasteiger partial charge in [0, 0.05) is 6.07 Å². The Bertz CT molecular complexity index is 496. The third kappa shape index (κ3) is 5.22. The predicted molar refractivity (Wildman–Crippen MR) is 82.0 cm³/mol. The topological polar surface area (TPSA) is 27.7 Å². The minimum absolute atomic E-state index is 0.835. The van der Waals surface area contributed by atoms with E-state index in [1.807, 2.05) is 49.4 Å². The summed E-state index contributed by atoms with van der Waals surface area (Å²) in [4.78, 5) is 0. The maximum Gasteiger partial charge on any atom is 0.122 e. The zero-order valence-corrected chi connectivity index (χ0v) is 12.8. The van der Waals surface area contributed by atoms with Crippen LogP contribution >= 0.6 is 0 Å². The monoisotopic (exact) mass is 274 g/mol. The number of ether oxygens (including phenoxy) is 3. The van der Waals surface area contributed by atoms with E-state index >= 15 is 0 Å². The van der Waals surface area contributed by atoms with Crippen molar-refractivity contribution in [2.45, 2.75) is 13.8 Å². The van der Waals surface area contributed by atoms with Crippen molar-refractivity contribution in [3.63, 3.8) is 0 Å². The van der Waals surface area contributed by atoms with E-state index in [-0.39, 0.29) is 0 Å². The molecule has 0 unspecified atom stereocenters. The van der Waals surface area contributed by atoms with Gasteiger partial charge in [0.25, 0.3) is 0 Å². The van der Waals surface area contributed by atoms with Crippen molar-refractivity contribution in [1.82, 2.24) is 0 Å². The lowest BCUT2D eigenvalue weighted by molar-refractivity contribution is 0.394. The summed E-state index contributed by atoms with van der Waals surface area (Å²) in [5.41, 5.74) is 2.40. The first-order chi connectivity index (χ1) is 9.58. The van der Waals surface area contributed by atoms with Crippen LogP contribution in [0.1, 0.15) is 11.1 Å². The first-order valence-electron chi connectivity index (χ1n) is 6.39. The van der Waals surface area contributed by atoms with Crippen molar-refractivity contribution in [3.05, 3.63) is 53.6 Å². The van der Waals surface area contributed by atoms with Gasteiger partial charge < -0.3 is 14.2 Å². The number of benzene rings is 2. The fourth-order valence-electron chi connectivity index (χ4n) is 1.62. The van der Waals surface area contributed by atoms with Gasteiger partial charge >= 0.3 is 0 Å². The van der Waals surface area contributed by atoms with Gasteiger partial charge in [-0.25, -0.2) is 0 Å². The number of rotatable bonds is 3. The number of hydrogen-bond donors (Lipinski definition) is 0. The molecule has 0 heterocycles. The molecule has 0 aliphatic rings. The Morgan fingerprint density at radius 3 is 1.40 bits per heavy atom. The van der Waals surface area contributed by atoms with Crippen molar-refractivity contribution in [3.8, 4) is 17.2 Å². The molecule has 0 aromatic heterocycles. The van der Waals surface area contributed by atoms with E-state index < -0.39 is 0 Å². The minimum Gasteiger partial charge on any atom is -0.497 e. The Balaban J connectivity index is 0.000000204. The minimum atomic E-state index is 0.835. The fourth-order valence-corrected chi connectivity index (χ4v) is 1.62. The maximum atomic E-state index is 5.06. The van der Waals surface area contributed by atoms with Crippen LogP contribution in [0.25, 0.3) is 0 Å². The van der Waals surface area contributed by atoms with Gasteiger partial charge in [-0.1, -0.05) is 17.7 Å². The maximum absolute atomic E-state index is 5.06. The van der Waals surface area contributed by atoms with E-state index in [1.54, 1.807) is 21.3 Å². The summed E-state index contributed by atoms with van der Waals surface area (Å²) in [7, 11) is 4.97. The summed E-state index contributed by atoms with van der Waals surface area (Å²) in [6, 6.07) is 13.7. The standard InChI is InChI=1S/C9H12O2.C8H10O/c1-7-4-8(10-2)6-9(5-7)11-3;1-7-3-5-8(9-2)6-4-7/h4-6H,1-3H3;3-6H,1-2H3. The van der Waals surface area contributed by atoms with Gasteiger partial charge in [0.2, 0.25) is 0 Å². The van der Waals surface area contributed by atoms with Crippen molar-refractivity contribution in [2.24, 2.45) is 0 Å². The van der Waals surface area contributed by atoms with Crippen molar-refractivity contribution in [2.75, 3.05) is 21.3 Å². The first-order valence-corrected chi connectivity index (χ1v) is 6.39. The van der Waals surface area contributed by atoms with Crippen molar-refractivity contribution >= 4 is 0 Å². The third-order valence-electron chi connectivity index (χ3n) is 2.75. The van der Waals surface area contributed by atoms with Crippen LogP contribution in [0, 0.1) is 13.8 Å². The molecule has 0 N–H and O–H groups in total. The number of aryl methyl sites for hydroxylation is 2. The van der Waals surface area contributed by atoms with Gasteiger partial charge in [0.1, 0.15) is 17.2 Å². The molecule has 2 aromatic carbocycles. The van der Waals surface area contributed by atoms with Crippen LogP contribution in [-0.2, 0) is 0 Å². The molecule has 0 spiro atoms. The lowest BCUT2D eigenvalue weighted by Crippen LogP contribution is -1.87. The van der Waals surface area contributed by atoms with E-state index in [4.69, 9.17) is 14.2 Å². The zero-order chi connectivity index (χ0) is 15.0. The van der Waals surface area contributed by atoms with Gasteiger partial charge in [-0.2, -0.15) is 0 Å². The van der Waals surface area contributed by atoms with Crippen LogP contribution in [0.15, 0.2) is 42.5 Å². The van der Waals surface area contributed by atoms with E-state index in [2.05, 4.69) is 6.92 Å². The molecule has 0 bridgehead atoms. The molecule has 2 rings (SSSR count). The second kappa shape index (κ2) is 8.10. The molecule has 0 amide bonds. The normalized spacial score (nSPS) is 9.25. The Kier molecular flexibility index (Phi) is 6.44. The molecule has 3 nitrogen and oxygen atoms in total. The highest BCUT2D eigenvalue weighted by Gasteiger charge is 1.96. The smallest absolute Gasteiger partial charge is 0.122 e. The molecule has 0 atom stereocenters. The molecule has 0 aliphatic carbocycles. The molecular weight excluding hydrogens is 252 g/mol. The van der Waals surface area contributed by atoms with Gasteiger partial charge in [-0.15, -0.1) is 0 Å². The summed E-state index contributed by atoms with van der Waals surface area (Å²) < 4.78 is 15.1. The summed E-state index contributed by atoms with van der Waals surface area (Å²) in [5, 5.41) is 0. The van der Waals surface area contributed by atoms with Crippen LogP contribution in [0.3, 0.4) is 0 Å². The molecule has 108 valence electrons. The Morgan fingerprint density at radius 1 is 0.550 bits per heavy atom. The van der Waals surface area contributed by atoms with Gasteiger partial charge in [-0.3, -0.25) is 0 Å². The molecule has 0 saturated heterocycles. The van der Waals surface area contributed by atoms with Crippen LogP contribution in [0.5, 0.6) is 17.2 Å². The number of methoxy groups -OCH3 is 3. The van der Waals surface area contributed by atoms with E-state index in [0.717, 1.165) is 22.8 Å². The molecule has 0 radical (unpaired) electrons. The van der Waals surface area contributed by atoms with Gasteiger partial charge in [-0.05, 0) is 43.7 Å². The lowest BCUT2D eigenvalue weighted by Gasteiger charge is -2.04. The molecule has 0 fully saturated rings. The van der Waals surface area contributed by atoms with Crippen LogP contribution in [0.4, 0.5) is 0 Å². The lowest BCUT2D eigenvalue weighted by atomic mass is 10.2. The molecule has 20 heavy (non-hydrogen) atoms. The zero-order valence-electron chi connectivity index (χ0n) is 12.8.